The van der Waals surface area contributed by atoms with Crippen molar-refractivity contribution in [2.75, 3.05) is 19.0 Å². The van der Waals surface area contributed by atoms with Crippen molar-refractivity contribution in [3.8, 4) is 11.5 Å². The molecule has 0 bridgehead atoms. The van der Waals surface area contributed by atoms with Gasteiger partial charge in [0.2, 0.25) is 0 Å². The van der Waals surface area contributed by atoms with Crippen molar-refractivity contribution < 1.29 is 9.47 Å². The largest absolute Gasteiger partial charge is 0.495 e. The second kappa shape index (κ2) is 7.58. The van der Waals surface area contributed by atoms with E-state index in [9.17, 15) is 0 Å². The minimum Gasteiger partial charge on any atom is -0.495 e. The molecule has 0 spiro atoms. The summed E-state index contributed by atoms with van der Waals surface area (Å²) in [4.78, 5) is 0. The smallest absolute Gasteiger partial charge is 0.141 e. The van der Waals surface area contributed by atoms with Gasteiger partial charge < -0.3 is 14.8 Å². The van der Waals surface area contributed by atoms with Crippen LogP contribution < -0.4 is 14.8 Å². The molecule has 2 rings (SSSR count). The Balaban J connectivity index is 1.94. The molecule has 112 valence electrons. The molecule has 0 fully saturated rings. The lowest BCUT2D eigenvalue weighted by atomic mass is 10.2. The maximum absolute atomic E-state index is 6.01. The van der Waals surface area contributed by atoms with Crippen LogP contribution in [0.15, 0.2) is 48.5 Å². The first-order valence-electron chi connectivity index (χ1n) is 7.33. The Kier molecular flexibility index (Phi) is 5.50. The number of nitrogens with one attached hydrogen (secondary N) is 1. The fourth-order valence-corrected chi connectivity index (χ4v) is 2.09. The Morgan fingerprint density at radius 2 is 1.76 bits per heavy atom. The van der Waals surface area contributed by atoms with Crippen LogP contribution in [-0.2, 0) is 0 Å². The second-order valence-electron chi connectivity index (χ2n) is 5.04. The number of anilines is 1. The number of ether oxygens (including phenoxy) is 2. The Hall–Kier alpha value is -2.16. The van der Waals surface area contributed by atoms with Crippen LogP contribution in [0.1, 0.15) is 18.9 Å². The molecule has 0 aliphatic rings. The van der Waals surface area contributed by atoms with Crippen molar-refractivity contribution in [3.05, 3.63) is 54.1 Å². The highest BCUT2D eigenvalue weighted by Gasteiger charge is 2.09. The molecule has 1 N–H and O–H groups in total. The molecule has 0 saturated carbocycles. The van der Waals surface area contributed by atoms with Gasteiger partial charge in [-0.05, 0) is 37.6 Å². The SMILES string of the molecule is CCC(CNc1ccccc1OC)Oc1ccc(C)cc1. The van der Waals surface area contributed by atoms with Crippen LogP contribution in [0.4, 0.5) is 5.69 Å². The van der Waals surface area contributed by atoms with E-state index in [4.69, 9.17) is 9.47 Å². The molecule has 0 aliphatic heterocycles. The lowest BCUT2D eigenvalue weighted by Crippen LogP contribution is -2.25. The third-order valence-corrected chi connectivity index (χ3v) is 3.41. The molecule has 0 saturated heterocycles. The molecule has 0 heterocycles. The van der Waals surface area contributed by atoms with Crippen molar-refractivity contribution in [2.24, 2.45) is 0 Å². The fourth-order valence-electron chi connectivity index (χ4n) is 2.09. The molecule has 3 heteroatoms. The van der Waals surface area contributed by atoms with Crippen LogP contribution in [0.5, 0.6) is 11.5 Å². The van der Waals surface area contributed by atoms with Gasteiger partial charge in [-0.2, -0.15) is 0 Å². The van der Waals surface area contributed by atoms with E-state index < -0.39 is 0 Å². The molecule has 0 amide bonds. The van der Waals surface area contributed by atoms with Crippen LogP contribution in [0.25, 0.3) is 0 Å². The molecular formula is C18H23NO2. The van der Waals surface area contributed by atoms with Gasteiger partial charge in [-0.15, -0.1) is 0 Å². The quantitative estimate of drug-likeness (QED) is 0.824. The number of rotatable bonds is 7. The molecule has 21 heavy (non-hydrogen) atoms. The first-order chi connectivity index (χ1) is 10.2. The Bertz CT molecular complexity index is 551. The molecule has 1 atom stereocenters. The zero-order chi connectivity index (χ0) is 15.1. The van der Waals surface area contributed by atoms with E-state index in [-0.39, 0.29) is 6.10 Å². The summed E-state index contributed by atoms with van der Waals surface area (Å²) in [5.41, 5.74) is 2.23. The summed E-state index contributed by atoms with van der Waals surface area (Å²) < 4.78 is 11.3. The fraction of sp³-hybridized carbons (Fsp3) is 0.333. The molecular weight excluding hydrogens is 262 g/mol. The highest BCUT2D eigenvalue weighted by atomic mass is 16.5. The molecule has 0 aliphatic carbocycles. The van der Waals surface area contributed by atoms with E-state index in [1.807, 2.05) is 36.4 Å². The topological polar surface area (TPSA) is 30.5 Å². The number of benzene rings is 2. The van der Waals surface area contributed by atoms with Crippen LogP contribution >= 0.6 is 0 Å². The molecule has 1 unspecified atom stereocenters. The highest BCUT2D eigenvalue weighted by Crippen LogP contribution is 2.23. The van der Waals surface area contributed by atoms with Crippen molar-refractivity contribution in [2.45, 2.75) is 26.4 Å². The van der Waals surface area contributed by atoms with Crippen molar-refractivity contribution in [1.82, 2.24) is 0 Å². The third-order valence-electron chi connectivity index (χ3n) is 3.41. The lowest BCUT2D eigenvalue weighted by Gasteiger charge is -2.19. The summed E-state index contributed by atoms with van der Waals surface area (Å²) in [6.45, 7) is 4.94. The maximum Gasteiger partial charge on any atom is 0.141 e. The van der Waals surface area contributed by atoms with Gasteiger partial charge >= 0.3 is 0 Å². The Morgan fingerprint density at radius 3 is 2.43 bits per heavy atom. The number of para-hydroxylation sites is 2. The summed E-state index contributed by atoms with van der Waals surface area (Å²) in [5, 5.41) is 3.40. The van der Waals surface area contributed by atoms with Crippen LogP contribution in [0.2, 0.25) is 0 Å². The normalized spacial score (nSPS) is 11.8. The van der Waals surface area contributed by atoms with Gasteiger partial charge in [0.25, 0.3) is 0 Å². The standard InChI is InChI=1S/C18H23NO2/c1-4-15(21-16-11-9-14(2)10-12-16)13-19-17-7-5-6-8-18(17)20-3/h5-12,15,19H,4,13H2,1-3H3. The van der Waals surface area contributed by atoms with Gasteiger partial charge in [0.05, 0.1) is 19.3 Å². The molecule has 0 radical (unpaired) electrons. The minimum atomic E-state index is 0.123. The van der Waals surface area contributed by atoms with Gasteiger partial charge in [-0.1, -0.05) is 36.8 Å². The zero-order valence-electron chi connectivity index (χ0n) is 12.9. The van der Waals surface area contributed by atoms with E-state index in [1.54, 1.807) is 7.11 Å². The Morgan fingerprint density at radius 1 is 1.05 bits per heavy atom. The van der Waals surface area contributed by atoms with Gasteiger partial charge in [0.1, 0.15) is 17.6 Å². The van der Waals surface area contributed by atoms with Crippen LogP contribution in [0, 0.1) is 6.92 Å². The lowest BCUT2D eigenvalue weighted by molar-refractivity contribution is 0.210. The summed E-state index contributed by atoms with van der Waals surface area (Å²) >= 11 is 0. The molecule has 0 aromatic heterocycles. The maximum atomic E-state index is 6.01. The predicted molar refractivity (Wildman–Crippen MR) is 87.4 cm³/mol. The van der Waals surface area contributed by atoms with Crippen molar-refractivity contribution in [3.63, 3.8) is 0 Å². The summed E-state index contributed by atoms with van der Waals surface area (Å²) in [5.74, 6) is 1.76. The predicted octanol–water partition coefficient (Wildman–Crippen LogP) is 4.27. The molecule has 2 aromatic carbocycles. The molecule has 2 aromatic rings. The average Bonchev–Trinajstić information content (AvgIpc) is 2.53. The van der Waals surface area contributed by atoms with Gasteiger partial charge in [0, 0.05) is 0 Å². The van der Waals surface area contributed by atoms with Gasteiger partial charge in [0.15, 0.2) is 0 Å². The highest BCUT2D eigenvalue weighted by molar-refractivity contribution is 5.56. The number of methoxy groups -OCH3 is 1. The van der Waals surface area contributed by atoms with Gasteiger partial charge in [-0.25, -0.2) is 0 Å². The summed E-state index contributed by atoms with van der Waals surface area (Å²) in [6.07, 6.45) is 1.06. The summed E-state index contributed by atoms with van der Waals surface area (Å²) in [7, 11) is 1.68. The first-order valence-corrected chi connectivity index (χ1v) is 7.33. The summed E-state index contributed by atoms with van der Waals surface area (Å²) in [6, 6.07) is 16.1. The third kappa shape index (κ3) is 4.42. The molecule has 3 nitrogen and oxygen atoms in total. The van der Waals surface area contributed by atoms with Crippen molar-refractivity contribution >= 4 is 5.69 Å². The van der Waals surface area contributed by atoms with Crippen LogP contribution in [0.3, 0.4) is 0 Å². The zero-order valence-corrected chi connectivity index (χ0v) is 12.9. The van der Waals surface area contributed by atoms with E-state index >= 15 is 0 Å². The van der Waals surface area contributed by atoms with E-state index in [1.165, 1.54) is 5.56 Å². The number of aryl methyl sites for hydroxylation is 1. The number of hydrogen-bond donors (Lipinski definition) is 1. The van der Waals surface area contributed by atoms with Crippen molar-refractivity contribution in [1.29, 1.82) is 0 Å². The second-order valence-corrected chi connectivity index (χ2v) is 5.04. The number of hydrogen-bond acceptors (Lipinski definition) is 3. The Labute approximate surface area is 126 Å². The van der Waals surface area contributed by atoms with Gasteiger partial charge in [-0.3, -0.25) is 0 Å². The van der Waals surface area contributed by atoms with E-state index in [0.717, 1.165) is 30.2 Å². The van der Waals surface area contributed by atoms with E-state index in [2.05, 4.69) is 31.3 Å². The first kappa shape index (κ1) is 15.2. The van der Waals surface area contributed by atoms with Crippen LogP contribution in [-0.4, -0.2) is 19.8 Å². The average molecular weight is 285 g/mol. The monoisotopic (exact) mass is 285 g/mol. The minimum absolute atomic E-state index is 0.123. The van der Waals surface area contributed by atoms with E-state index in [0.29, 0.717) is 0 Å².